The molecule has 1 atom stereocenters. The van der Waals surface area contributed by atoms with Gasteiger partial charge in [-0.1, -0.05) is 22.8 Å². The summed E-state index contributed by atoms with van der Waals surface area (Å²) in [5.41, 5.74) is 9.78. The van der Waals surface area contributed by atoms with Crippen LogP contribution in [0.25, 0.3) is 22.4 Å². The van der Waals surface area contributed by atoms with Gasteiger partial charge in [-0.2, -0.15) is 5.10 Å². The summed E-state index contributed by atoms with van der Waals surface area (Å²) in [6, 6.07) is 8.55. The molecule has 0 aliphatic carbocycles. The maximum Gasteiger partial charge on any atom is 0.196 e. The lowest BCUT2D eigenvalue weighted by Gasteiger charge is -2.20. The Labute approximate surface area is 194 Å². The molecule has 0 aliphatic rings. The summed E-state index contributed by atoms with van der Waals surface area (Å²) in [6.45, 7) is 5.59. The first kappa shape index (κ1) is 22.3. The van der Waals surface area contributed by atoms with E-state index >= 15 is 0 Å². The molecule has 33 heavy (non-hydrogen) atoms. The monoisotopic (exact) mass is 466 g/mol. The topological polar surface area (TPSA) is 132 Å². The van der Waals surface area contributed by atoms with E-state index in [0.29, 0.717) is 33.7 Å². The zero-order valence-corrected chi connectivity index (χ0v) is 19.3. The lowest BCUT2D eigenvalue weighted by Crippen LogP contribution is -2.19. The third-order valence-electron chi connectivity index (χ3n) is 5.50. The summed E-state index contributed by atoms with van der Waals surface area (Å²) in [5.74, 6) is 0.289. The number of oxime groups is 1. The van der Waals surface area contributed by atoms with Gasteiger partial charge in [0.2, 0.25) is 0 Å². The number of anilines is 1. The fourth-order valence-corrected chi connectivity index (χ4v) is 3.98. The van der Waals surface area contributed by atoms with Crippen LogP contribution >= 0.6 is 11.6 Å². The molecule has 0 unspecified atom stereocenters. The van der Waals surface area contributed by atoms with Crippen LogP contribution in [0.3, 0.4) is 0 Å². The molecule has 4 aromatic rings. The molecular weight excluding hydrogens is 444 g/mol. The van der Waals surface area contributed by atoms with Crippen LogP contribution in [0.5, 0.6) is 0 Å². The van der Waals surface area contributed by atoms with Crippen LogP contribution in [0.15, 0.2) is 50.9 Å². The Morgan fingerprint density at radius 1 is 1.30 bits per heavy atom. The third kappa shape index (κ3) is 4.03. The molecule has 3 heterocycles. The van der Waals surface area contributed by atoms with Gasteiger partial charge in [0.1, 0.15) is 22.1 Å². The highest BCUT2D eigenvalue weighted by Crippen LogP contribution is 2.32. The van der Waals surface area contributed by atoms with Crippen LogP contribution in [0.2, 0.25) is 5.15 Å². The standard InChI is InChI=1S/C23H23ClN6O3/c1-11-9-14(13(3)27-16-5-6-18(24)28-19(16)23(25)29-32)22-15(10-11)20(31)12(2)21(33-22)17-7-8-26-30(17)4/h5-10,13,27,32H,1-4H3,(H2,25,29)/t13-/m1/s1. The molecule has 0 spiro atoms. The average Bonchev–Trinajstić information content (AvgIpc) is 3.22. The predicted molar refractivity (Wildman–Crippen MR) is 128 cm³/mol. The van der Waals surface area contributed by atoms with Crippen molar-refractivity contribution in [3.05, 3.63) is 74.3 Å². The summed E-state index contributed by atoms with van der Waals surface area (Å²) in [5, 5.41) is 20.4. The third-order valence-corrected chi connectivity index (χ3v) is 5.71. The SMILES string of the molecule is Cc1cc([C@@H](C)Nc2ccc(Cl)nc2/C(N)=N/O)c2oc(-c3ccnn3C)c(C)c(=O)c2c1. The fraction of sp³-hybridized carbons (Fsp3) is 0.217. The number of rotatable bonds is 5. The van der Waals surface area contributed by atoms with Crippen LogP contribution in [-0.4, -0.2) is 25.8 Å². The van der Waals surface area contributed by atoms with Crippen LogP contribution < -0.4 is 16.5 Å². The molecule has 4 N–H and O–H groups in total. The van der Waals surface area contributed by atoms with Gasteiger partial charge in [0.05, 0.1) is 17.1 Å². The van der Waals surface area contributed by atoms with Crippen molar-refractivity contribution in [1.82, 2.24) is 14.8 Å². The number of amidine groups is 1. The molecule has 0 radical (unpaired) electrons. The number of fused-ring (bicyclic) bond motifs is 1. The molecule has 10 heteroatoms. The van der Waals surface area contributed by atoms with Gasteiger partial charge in [-0.25, -0.2) is 4.98 Å². The van der Waals surface area contributed by atoms with Crippen molar-refractivity contribution >= 4 is 34.1 Å². The molecule has 0 saturated carbocycles. The normalized spacial score (nSPS) is 12.8. The highest BCUT2D eigenvalue weighted by atomic mass is 35.5. The minimum Gasteiger partial charge on any atom is -0.454 e. The molecule has 4 rings (SSSR count). The lowest BCUT2D eigenvalue weighted by atomic mass is 9.99. The van der Waals surface area contributed by atoms with Gasteiger partial charge in [0.15, 0.2) is 17.0 Å². The quantitative estimate of drug-likeness (QED) is 0.132. The van der Waals surface area contributed by atoms with Crippen molar-refractivity contribution in [2.24, 2.45) is 17.9 Å². The van der Waals surface area contributed by atoms with Crippen molar-refractivity contribution in [1.29, 1.82) is 0 Å². The number of hydrogen-bond donors (Lipinski definition) is 3. The van der Waals surface area contributed by atoms with Crippen LogP contribution in [0.1, 0.15) is 35.3 Å². The number of hydrogen-bond acceptors (Lipinski definition) is 7. The van der Waals surface area contributed by atoms with Crippen molar-refractivity contribution in [2.75, 3.05) is 5.32 Å². The summed E-state index contributed by atoms with van der Waals surface area (Å²) in [6.07, 6.45) is 1.65. The first-order valence-electron chi connectivity index (χ1n) is 10.2. The van der Waals surface area contributed by atoms with Crippen molar-refractivity contribution in [2.45, 2.75) is 26.8 Å². The molecule has 3 aromatic heterocycles. The van der Waals surface area contributed by atoms with Crippen LogP contribution in [0.4, 0.5) is 5.69 Å². The Morgan fingerprint density at radius 3 is 2.73 bits per heavy atom. The maximum absolute atomic E-state index is 13.3. The highest BCUT2D eigenvalue weighted by molar-refractivity contribution is 6.29. The minimum atomic E-state index is -0.328. The minimum absolute atomic E-state index is 0.102. The molecule has 0 fully saturated rings. The number of nitrogens with one attached hydrogen (secondary N) is 1. The largest absolute Gasteiger partial charge is 0.454 e. The van der Waals surface area contributed by atoms with Gasteiger partial charge < -0.3 is 20.7 Å². The number of halogens is 1. The molecule has 9 nitrogen and oxygen atoms in total. The number of benzene rings is 1. The van der Waals surface area contributed by atoms with E-state index < -0.39 is 0 Å². The molecule has 0 bridgehead atoms. The Morgan fingerprint density at radius 2 is 2.06 bits per heavy atom. The smallest absolute Gasteiger partial charge is 0.196 e. The van der Waals surface area contributed by atoms with Gasteiger partial charge in [0.25, 0.3) is 0 Å². The predicted octanol–water partition coefficient (Wildman–Crippen LogP) is 4.13. The lowest BCUT2D eigenvalue weighted by molar-refractivity contribution is 0.318. The summed E-state index contributed by atoms with van der Waals surface area (Å²) < 4.78 is 8.00. The summed E-state index contributed by atoms with van der Waals surface area (Å²) in [4.78, 5) is 17.4. The first-order valence-corrected chi connectivity index (χ1v) is 10.6. The second-order valence-electron chi connectivity index (χ2n) is 7.84. The molecule has 170 valence electrons. The summed E-state index contributed by atoms with van der Waals surface area (Å²) >= 11 is 5.99. The van der Waals surface area contributed by atoms with Gasteiger partial charge >= 0.3 is 0 Å². The Hall–Kier alpha value is -3.85. The van der Waals surface area contributed by atoms with E-state index in [2.05, 4.69) is 20.6 Å². The zero-order valence-electron chi connectivity index (χ0n) is 18.5. The van der Waals surface area contributed by atoms with E-state index in [1.54, 1.807) is 43.0 Å². The van der Waals surface area contributed by atoms with Crippen LogP contribution in [0, 0.1) is 13.8 Å². The number of aryl methyl sites for hydroxylation is 2. The Kier molecular flexibility index (Phi) is 5.82. The van der Waals surface area contributed by atoms with Gasteiger partial charge in [-0.05, 0) is 50.6 Å². The van der Waals surface area contributed by atoms with Gasteiger partial charge in [0, 0.05) is 24.4 Å². The zero-order chi connectivity index (χ0) is 23.9. The van der Waals surface area contributed by atoms with Crippen LogP contribution in [-0.2, 0) is 7.05 Å². The maximum atomic E-state index is 13.3. The molecule has 1 aromatic carbocycles. The van der Waals surface area contributed by atoms with E-state index in [1.807, 2.05) is 26.0 Å². The number of nitrogens with two attached hydrogens (primary N) is 1. The molecular formula is C23H23ClN6O3. The Balaban J connectivity index is 1.89. The molecule has 0 amide bonds. The second kappa shape index (κ2) is 8.59. The van der Waals surface area contributed by atoms with Gasteiger partial charge in [-0.15, -0.1) is 0 Å². The van der Waals surface area contributed by atoms with Crippen molar-refractivity contribution in [3.8, 4) is 11.5 Å². The van der Waals surface area contributed by atoms with E-state index in [9.17, 15) is 4.79 Å². The van der Waals surface area contributed by atoms with E-state index in [0.717, 1.165) is 11.1 Å². The average molecular weight is 467 g/mol. The van der Waals surface area contributed by atoms with Crippen molar-refractivity contribution < 1.29 is 9.62 Å². The Bertz CT molecular complexity index is 1460. The van der Waals surface area contributed by atoms with E-state index in [1.165, 1.54) is 0 Å². The van der Waals surface area contributed by atoms with Crippen molar-refractivity contribution in [3.63, 3.8) is 0 Å². The highest BCUT2D eigenvalue weighted by Gasteiger charge is 2.21. The number of nitrogens with zero attached hydrogens (tertiary/aromatic N) is 4. The molecule has 0 aliphatic heterocycles. The summed E-state index contributed by atoms with van der Waals surface area (Å²) in [7, 11) is 1.79. The van der Waals surface area contributed by atoms with E-state index in [-0.39, 0.29) is 28.2 Å². The molecule has 0 saturated heterocycles. The fourth-order valence-electron chi connectivity index (χ4n) is 3.84. The number of aromatic nitrogens is 3. The van der Waals surface area contributed by atoms with E-state index in [4.69, 9.17) is 27.0 Å². The number of pyridine rings is 1. The van der Waals surface area contributed by atoms with Gasteiger partial charge in [-0.3, -0.25) is 9.48 Å². The second-order valence-corrected chi connectivity index (χ2v) is 8.22. The first-order chi connectivity index (χ1) is 15.7.